The molecule has 1 fully saturated rings. The zero-order chi connectivity index (χ0) is 17.3. The summed E-state index contributed by atoms with van der Waals surface area (Å²) in [6.45, 7) is 2.54. The van der Waals surface area contributed by atoms with E-state index in [1.165, 1.54) is 24.3 Å². The van der Waals surface area contributed by atoms with E-state index in [0.29, 0.717) is 6.61 Å². The van der Waals surface area contributed by atoms with Gasteiger partial charge in [0.1, 0.15) is 12.7 Å². The Hall–Kier alpha value is -2.45. The van der Waals surface area contributed by atoms with Gasteiger partial charge in [0.2, 0.25) is 9.84 Å². The molecule has 2 aromatic carbocycles. The Morgan fingerprint density at radius 3 is 2.58 bits per heavy atom. The van der Waals surface area contributed by atoms with Gasteiger partial charge in [0.15, 0.2) is 5.75 Å². The first-order chi connectivity index (χ1) is 11.4. The number of aryl methyl sites for hydroxylation is 1. The molecule has 0 saturated carbocycles. The molecule has 1 unspecified atom stereocenters. The van der Waals surface area contributed by atoms with Crippen molar-refractivity contribution in [2.45, 2.75) is 22.8 Å². The first-order valence-electron chi connectivity index (χ1n) is 7.22. The summed E-state index contributed by atoms with van der Waals surface area (Å²) in [7, 11) is -3.84. The Kier molecular flexibility index (Phi) is 4.25. The van der Waals surface area contributed by atoms with Crippen molar-refractivity contribution in [1.29, 1.82) is 0 Å². The largest absolute Gasteiger partial charge is 0.484 e. The van der Waals surface area contributed by atoms with Crippen LogP contribution in [0.25, 0.3) is 0 Å². The van der Waals surface area contributed by atoms with E-state index in [0.717, 1.165) is 11.6 Å². The summed E-state index contributed by atoms with van der Waals surface area (Å²) in [6.07, 6.45) is -0.0553. The van der Waals surface area contributed by atoms with Crippen LogP contribution in [0.2, 0.25) is 0 Å². The molecule has 126 valence electrons. The van der Waals surface area contributed by atoms with Gasteiger partial charge in [-0.1, -0.05) is 12.1 Å². The van der Waals surface area contributed by atoms with Gasteiger partial charge in [-0.2, -0.15) is 0 Å². The molecule has 0 bridgehead atoms. The second-order valence-electron chi connectivity index (χ2n) is 5.47. The fourth-order valence-corrected chi connectivity index (χ4v) is 3.58. The summed E-state index contributed by atoms with van der Waals surface area (Å²) in [4.78, 5) is 10.5. The second kappa shape index (κ2) is 6.21. The number of nitrogens with zero attached hydrogens (tertiary/aromatic N) is 1. The molecular formula is C16H15NO6S. The number of nitro benzene ring substituents is 1. The van der Waals surface area contributed by atoms with E-state index < -0.39 is 14.8 Å². The molecule has 3 rings (SSSR count). The van der Waals surface area contributed by atoms with Crippen LogP contribution in [0.1, 0.15) is 5.56 Å². The van der Waals surface area contributed by atoms with Gasteiger partial charge in [-0.3, -0.25) is 10.1 Å². The molecular weight excluding hydrogens is 334 g/mol. The molecule has 2 aromatic rings. The van der Waals surface area contributed by atoms with Crippen molar-refractivity contribution in [2.24, 2.45) is 0 Å². The minimum atomic E-state index is -3.84. The lowest BCUT2D eigenvalue weighted by Crippen LogP contribution is -2.07. The molecule has 0 radical (unpaired) electrons. The predicted octanol–water partition coefficient (Wildman–Crippen LogP) is 2.51. The van der Waals surface area contributed by atoms with E-state index in [-0.39, 0.29) is 33.9 Å². The summed E-state index contributed by atoms with van der Waals surface area (Å²) < 4.78 is 35.7. The zero-order valence-corrected chi connectivity index (χ0v) is 13.7. The van der Waals surface area contributed by atoms with Crippen molar-refractivity contribution in [3.05, 3.63) is 58.1 Å². The standard InChI is InChI=1S/C16H15NO6S/c1-11-3-2-4-13(7-11)24(20,21)14-5-6-16(15(8-14)17(18)19)23-10-12-9-22-12/h2-8,12H,9-10H2,1H3. The van der Waals surface area contributed by atoms with Gasteiger partial charge in [-0.05, 0) is 36.8 Å². The van der Waals surface area contributed by atoms with E-state index in [9.17, 15) is 18.5 Å². The summed E-state index contributed by atoms with van der Waals surface area (Å²) in [5.41, 5.74) is 0.402. The van der Waals surface area contributed by atoms with Crippen LogP contribution >= 0.6 is 0 Å². The Bertz CT molecular complexity index is 889. The van der Waals surface area contributed by atoms with E-state index in [1.54, 1.807) is 19.1 Å². The average Bonchev–Trinajstić information content (AvgIpc) is 3.37. The number of nitro groups is 1. The van der Waals surface area contributed by atoms with Crippen LogP contribution in [0.15, 0.2) is 52.3 Å². The lowest BCUT2D eigenvalue weighted by molar-refractivity contribution is -0.386. The first kappa shape index (κ1) is 16.4. The van der Waals surface area contributed by atoms with Gasteiger partial charge in [-0.15, -0.1) is 0 Å². The van der Waals surface area contributed by atoms with Crippen LogP contribution in [0.3, 0.4) is 0 Å². The Balaban J connectivity index is 1.98. The Morgan fingerprint density at radius 1 is 1.25 bits per heavy atom. The van der Waals surface area contributed by atoms with Gasteiger partial charge >= 0.3 is 5.69 Å². The number of hydrogen-bond acceptors (Lipinski definition) is 6. The van der Waals surface area contributed by atoms with Gasteiger partial charge in [0.25, 0.3) is 0 Å². The molecule has 1 aliphatic rings. The maximum Gasteiger partial charge on any atom is 0.312 e. The topological polar surface area (TPSA) is 99.0 Å². The smallest absolute Gasteiger partial charge is 0.312 e. The predicted molar refractivity (Wildman–Crippen MR) is 85.0 cm³/mol. The van der Waals surface area contributed by atoms with Gasteiger partial charge < -0.3 is 9.47 Å². The number of hydrogen-bond donors (Lipinski definition) is 0. The Labute approximate surface area is 138 Å². The van der Waals surface area contributed by atoms with Crippen molar-refractivity contribution < 1.29 is 22.8 Å². The number of ether oxygens (including phenoxy) is 2. The number of rotatable bonds is 6. The molecule has 8 heteroatoms. The molecule has 0 N–H and O–H groups in total. The van der Waals surface area contributed by atoms with Crippen LogP contribution in [-0.2, 0) is 14.6 Å². The van der Waals surface area contributed by atoms with E-state index in [4.69, 9.17) is 9.47 Å². The van der Waals surface area contributed by atoms with Crippen LogP contribution in [0.5, 0.6) is 5.75 Å². The minimum Gasteiger partial charge on any atom is -0.484 e. The van der Waals surface area contributed by atoms with Gasteiger partial charge in [0, 0.05) is 6.07 Å². The molecule has 1 saturated heterocycles. The minimum absolute atomic E-state index is 0.0266. The van der Waals surface area contributed by atoms with Crippen LogP contribution in [0.4, 0.5) is 5.69 Å². The summed E-state index contributed by atoms with van der Waals surface area (Å²) in [5, 5.41) is 11.3. The molecule has 1 atom stereocenters. The highest BCUT2D eigenvalue weighted by molar-refractivity contribution is 7.91. The van der Waals surface area contributed by atoms with Crippen LogP contribution < -0.4 is 4.74 Å². The molecule has 0 spiro atoms. The van der Waals surface area contributed by atoms with Gasteiger partial charge in [-0.25, -0.2) is 8.42 Å². The maximum atomic E-state index is 12.7. The second-order valence-corrected chi connectivity index (χ2v) is 7.42. The highest BCUT2D eigenvalue weighted by Gasteiger charge is 2.27. The lowest BCUT2D eigenvalue weighted by Gasteiger charge is -2.09. The molecule has 24 heavy (non-hydrogen) atoms. The SMILES string of the molecule is Cc1cccc(S(=O)(=O)c2ccc(OCC3CO3)c([N+](=O)[O-])c2)c1. The third kappa shape index (κ3) is 3.39. The molecule has 0 aliphatic carbocycles. The third-order valence-corrected chi connectivity index (χ3v) is 5.31. The summed E-state index contributed by atoms with van der Waals surface area (Å²) in [6, 6.07) is 10.0. The zero-order valence-electron chi connectivity index (χ0n) is 12.8. The average molecular weight is 349 g/mol. The van der Waals surface area contributed by atoms with Crippen molar-refractivity contribution in [3.63, 3.8) is 0 Å². The van der Waals surface area contributed by atoms with E-state index in [1.807, 2.05) is 0 Å². The van der Waals surface area contributed by atoms with E-state index >= 15 is 0 Å². The maximum absolute atomic E-state index is 12.7. The number of sulfone groups is 1. The molecule has 0 amide bonds. The summed E-state index contributed by atoms with van der Waals surface area (Å²) >= 11 is 0. The molecule has 1 aliphatic heterocycles. The monoisotopic (exact) mass is 349 g/mol. The van der Waals surface area contributed by atoms with Crippen molar-refractivity contribution in [1.82, 2.24) is 0 Å². The highest BCUT2D eigenvalue weighted by atomic mass is 32.2. The Morgan fingerprint density at radius 2 is 1.96 bits per heavy atom. The lowest BCUT2D eigenvalue weighted by atomic mass is 10.2. The van der Waals surface area contributed by atoms with Gasteiger partial charge in [0.05, 0.1) is 21.3 Å². The summed E-state index contributed by atoms with van der Waals surface area (Å²) in [5.74, 6) is 0.0266. The quantitative estimate of drug-likeness (QED) is 0.451. The van der Waals surface area contributed by atoms with Crippen molar-refractivity contribution in [2.75, 3.05) is 13.2 Å². The third-order valence-electron chi connectivity index (χ3n) is 3.56. The first-order valence-corrected chi connectivity index (χ1v) is 8.71. The normalized spacial score (nSPS) is 16.6. The molecule has 1 heterocycles. The van der Waals surface area contributed by atoms with E-state index in [2.05, 4.69) is 0 Å². The number of benzene rings is 2. The molecule has 0 aromatic heterocycles. The number of epoxide rings is 1. The van der Waals surface area contributed by atoms with Crippen molar-refractivity contribution in [3.8, 4) is 5.75 Å². The van der Waals surface area contributed by atoms with Crippen molar-refractivity contribution >= 4 is 15.5 Å². The van der Waals surface area contributed by atoms with Crippen LogP contribution in [-0.4, -0.2) is 32.7 Å². The molecule has 7 nitrogen and oxygen atoms in total. The van der Waals surface area contributed by atoms with Crippen LogP contribution in [0, 0.1) is 17.0 Å². The highest BCUT2D eigenvalue weighted by Crippen LogP contribution is 2.32. The fraction of sp³-hybridized carbons (Fsp3) is 0.250. The fourth-order valence-electron chi connectivity index (χ4n) is 2.19.